The average Bonchev–Trinajstić information content (AvgIpc) is 3.05. The molecule has 1 N–H and O–H groups in total. The number of aromatic nitrogens is 1. The lowest BCUT2D eigenvalue weighted by Crippen LogP contribution is -2.13. The van der Waals surface area contributed by atoms with Crippen LogP contribution in [0.25, 0.3) is 28.7 Å². The smallest absolute Gasteiger partial charge is 0.243 e. The fourth-order valence-corrected chi connectivity index (χ4v) is 2.22. The Hall–Kier alpha value is -3.14. The van der Waals surface area contributed by atoms with E-state index < -0.39 is 0 Å². The first kappa shape index (κ1) is 14.8. The van der Waals surface area contributed by atoms with Crippen LogP contribution >= 0.6 is 0 Å². The number of carbonyl (C=O) groups excluding carboxylic acids is 1. The van der Waals surface area contributed by atoms with Gasteiger partial charge in [-0.3, -0.25) is 4.79 Å². The van der Waals surface area contributed by atoms with Crippen molar-refractivity contribution in [3.8, 4) is 22.6 Å². The molecule has 0 aliphatic carbocycles. The Morgan fingerprint density at radius 3 is 2.22 bits per heavy atom. The monoisotopic (exact) mass is 304 g/mol. The predicted molar refractivity (Wildman–Crippen MR) is 90.5 cm³/mol. The molecule has 114 valence electrons. The van der Waals surface area contributed by atoms with Gasteiger partial charge in [0.05, 0.1) is 0 Å². The maximum absolute atomic E-state index is 11.3. The average molecular weight is 304 g/mol. The van der Waals surface area contributed by atoms with Crippen LogP contribution in [0.2, 0.25) is 0 Å². The molecule has 0 fully saturated rings. The van der Waals surface area contributed by atoms with Crippen LogP contribution in [-0.4, -0.2) is 17.9 Å². The minimum absolute atomic E-state index is 0.203. The zero-order chi connectivity index (χ0) is 16.1. The summed E-state index contributed by atoms with van der Waals surface area (Å²) in [7, 11) is 1.58. The lowest BCUT2D eigenvalue weighted by Gasteiger charge is -2.00. The summed E-state index contributed by atoms with van der Waals surface area (Å²) in [5, 5.41) is 2.52. The SMILES string of the molecule is CNC(=O)/C=C/c1nc(-c2ccccc2)c(-c2ccccc2)o1. The number of carbonyl (C=O) groups is 1. The molecule has 0 aliphatic heterocycles. The van der Waals surface area contributed by atoms with Crippen LogP contribution in [0, 0.1) is 0 Å². The van der Waals surface area contributed by atoms with Gasteiger partial charge in [0.15, 0.2) is 5.76 Å². The van der Waals surface area contributed by atoms with E-state index in [1.165, 1.54) is 6.08 Å². The van der Waals surface area contributed by atoms with Crippen molar-refractivity contribution < 1.29 is 9.21 Å². The van der Waals surface area contributed by atoms with Crippen molar-refractivity contribution in [3.05, 3.63) is 72.6 Å². The van der Waals surface area contributed by atoms with Crippen LogP contribution in [0.5, 0.6) is 0 Å². The molecule has 2 aromatic carbocycles. The second-order valence-electron chi connectivity index (χ2n) is 4.91. The molecule has 1 amide bonds. The molecule has 0 atom stereocenters. The normalized spacial score (nSPS) is 10.8. The van der Waals surface area contributed by atoms with E-state index in [9.17, 15) is 4.79 Å². The number of hydrogen-bond donors (Lipinski definition) is 1. The Balaban J connectivity index is 2.08. The summed E-state index contributed by atoms with van der Waals surface area (Å²) in [5.74, 6) is 0.880. The summed E-state index contributed by atoms with van der Waals surface area (Å²) in [5.41, 5.74) is 2.67. The minimum Gasteiger partial charge on any atom is -0.436 e. The van der Waals surface area contributed by atoms with Gasteiger partial charge in [0.1, 0.15) is 5.69 Å². The van der Waals surface area contributed by atoms with Crippen LogP contribution in [0.1, 0.15) is 5.89 Å². The quantitative estimate of drug-likeness (QED) is 0.747. The van der Waals surface area contributed by atoms with E-state index in [4.69, 9.17) is 4.42 Å². The Morgan fingerprint density at radius 2 is 1.61 bits per heavy atom. The molecule has 3 aromatic rings. The van der Waals surface area contributed by atoms with Crippen molar-refractivity contribution in [1.29, 1.82) is 0 Å². The number of hydrogen-bond acceptors (Lipinski definition) is 3. The lowest BCUT2D eigenvalue weighted by atomic mass is 10.1. The van der Waals surface area contributed by atoms with E-state index >= 15 is 0 Å². The molecule has 23 heavy (non-hydrogen) atoms. The van der Waals surface area contributed by atoms with Gasteiger partial charge in [0.25, 0.3) is 0 Å². The summed E-state index contributed by atoms with van der Waals surface area (Å²) < 4.78 is 5.87. The molecule has 0 unspecified atom stereocenters. The van der Waals surface area contributed by atoms with E-state index in [2.05, 4.69) is 10.3 Å². The molecular formula is C19H16N2O2. The molecule has 1 aromatic heterocycles. The molecule has 4 heteroatoms. The highest BCUT2D eigenvalue weighted by Gasteiger charge is 2.15. The lowest BCUT2D eigenvalue weighted by molar-refractivity contribution is -0.115. The number of likely N-dealkylation sites (N-methyl/N-ethyl adjacent to an activating group) is 1. The highest BCUT2D eigenvalue weighted by Crippen LogP contribution is 2.32. The van der Waals surface area contributed by atoms with Gasteiger partial charge in [-0.25, -0.2) is 4.98 Å². The molecule has 0 spiro atoms. The molecule has 0 saturated carbocycles. The second-order valence-corrected chi connectivity index (χ2v) is 4.91. The molecular weight excluding hydrogens is 288 g/mol. The summed E-state index contributed by atoms with van der Waals surface area (Å²) in [6, 6.07) is 19.6. The Morgan fingerprint density at radius 1 is 1.00 bits per heavy atom. The first-order chi connectivity index (χ1) is 11.3. The largest absolute Gasteiger partial charge is 0.436 e. The van der Waals surface area contributed by atoms with Crippen LogP contribution in [0.3, 0.4) is 0 Å². The van der Waals surface area contributed by atoms with E-state index in [0.29, 0.717) is 11.7 Å². The Bertz CT molecular complexity index is 764. The van der Waals surface area contributed by atoms with Crippen LogP contribution in [0.4, 0.5) is 0 Å². The molecule has 3 rings (SSSR count). The van der Waals surface area contributed by atoms with Gasteiger partial charge in [-0.15, -0.1) is 0 Å². The third kappa shape index (κ3) is 3.37. The maximum Gasteiger partial charge on any atom is 0.243 e. The van der Waals surface area contributed by atoms with Crippen molar-refractivity contribution in [2.45, 2.75) is 0 Å². The number of nitrogens with zero attached hydrogens (tertiary/aromatic N) is 1. The fraction of sp³-hybridized carbons (Fsp3) is 0.0526. The number of rotatable bonds is 4. The summed E-state index contributed by atoms with van der Waals surface area (Å²) in [4.78, 5) is 15.9. The molecule has 0 saturated heterocycles. The summed E-state index contributed by atoms with van der Waals surface area (Å²) >= 11 is 0. The Labute approximate surface area is 134 Å². The van der Waals surface area contributed by atoms with Gasteiger partial charge < -0.3 is 9.73 Å². The van der Waals surface area contributed by atoms with Gasteiger partial charge in [-0.2, -0.15) is 0 Å². The molecule has 0 aliphatic rings. The van der Waals surface area contributed by atoms with E-state index in [-0.39, 0.29) is 5.91 Å². The highest BCUT2D eigenvalue weighted by atomic mass is 16.4. The molecule has 0 radical (unpaired) electrons. The minimum atomic E-state index is -0.203. The van der Waals surface area contributed by atoms with E-state index in [0.717, 1.165) is 16.8 Å². The third-order valence-electron chi connectivity index (χ3n) is 3.35. The topological polar surface area (TPSA) is 55.1 Å². The van der Waals surface area contributed by atoms with Crippen LogP contribution < -0.4 is 5.32 Å². The predicted octanol–water partition coefficient (Wildman–Crippen LogP) is 3.77. The number of amides is 1. The first-order valence-corrected chi connectivity index (χ1v) is 7.29. The van der Waals surface area contributed by atoms with Gasteiger partial charge >= 0.3 is 0 Å². The van der Waals surface area contributed by atoms with E-state index in [1.807, 2.05) is 60.7 Å². The Kier molecular flexibility index (Phi) is 4.34. The third-order valence-corrected chi connectivity index (χ3v) is 3.35. The standard InChI is InChI=1S/C19H16N2O2/c1-20-16(22)12-13-17-21-18(14-8-4-2-5-9-14)19(23-17)15-10-6-3-7-11-15/h2-13H,1H3,(H,20,22)/b13-12+. The maximum atomic E-state index is 11.3. The molecule has 4 nitrogen and oxygen atoms in total. The first-order valence-electron chi connectivity index (χ1n) is 7.29. The number of benzene rings is 2. The van der Waals surface area contributed by atoms with Crippen molar-refractivity contribution in [3.63, 3.8) is 0 Å². The fourth-order valence-electron chi connectivity index (χ4n) is 2.22. The van der Waals surface area contributed by atoms with Crippen LogP contribution in [-0.2, 0) is 4.79 Å². The van der Waals surface area contributed by atoms with Crippen molar-refractivity contribution in [2.75, 3.05) is 7.05 Å². The highest BCUT2D eigenvalue weighted by molar-refractivity contribution is 5.91. The van der Waals surface area contributed by atoms with Crippen LogP contribution in [0.15, 0.2) is 71.2 Å². The number of nitrogens with one attached hydrogen (secondary N) is 1. The number of oxazole rings is 1. The van der Waals surface area contributed by atoms with Crippen molar-refractivity contribution >= 4 is 12.0 Å². The summed E-state index contributed by atoms with van der Waals surface area (Å²) in [6.45, 7) is 0. The zero-order valence-electron chi connectivity index (χ0n) is 12.7. The van der Waals surface area contributed by atoms with Crippen molar-refractivity contribution in [1.82, 2.24) is 10.3 Å². The van der Waals surface area contributed by atoms with Crippen molar-refractivity contribution in [2.24, 2.45) is 0 Å². The van der Waals surface area contributed by atoms with E-state index in [1.54, 1.807) is 13.1 Å². The zero-order valence-corrected chi connectivity index (χ0v) is 12.7. The van der Waals surface area contributed by atoms with Gasteiger partial charge in [-0.1, -0.05) is 60.7 Å². The second kappa shape index (κ2) is 6.75. The van der Waals surface area contributed by atoms with Gasteiger partial charge in [-0.05, 0) is 0 Å². The molecule has 0 bridgehead atoms. The summed E-state index contributed by atoms with van der Waals surface area (Å²) in [6.07, 6.45) is 2.97. The van der Waals surface area contributed by atoms with Gasteiger partial charge in [0.2, 0.25) is 11.8 Å². The van der Waals surface area contributed by atoms with Gasteiger partial charge in [0, 0.05) is 30.3 Å². The molecule has 1 heterocycles.